The zero-order chi connectivity index (χ0) is 17.2. The summed E-state index contributed by atoms with van der Waals surface area (Å²) in [5.74, 6) is 0.764. The van der Waals surface area contributed by atoms with Gasteiger partial charge in [-0.15, -0.1) is 0 Å². The second-order valence-electron chi connectivity index (χ2n) is 5.50. The second-order valence-corrected chi connectivity index (χ2v) is 5.50. The molecule has 0 atom stereocenters. The molecule has 0 saturated carbocycles. The van der Waals surface area contributed by atoms with Crippen LogP contribution in [0.2, 0.25) is 0 Å². The quantitative estimate of drug-likeness (QED) is 0.742. The van der Waals surface area contributed by atoms with E-state index in [-0.39, 0.29) is 12.5 Å². The highest BCUT2D eigenvalue weighted by atomic mass is 16.5. The Morgan fingerprint density at radius 3 is 2.54 bits per heavy atom. The van der Waals surface area contributed by atoms with Gasteiger partial charge in [0.15, 0.2) is 0 Å². The first-order valence-corrected chi connectivity index (χ1v) is 8.13. The predicted octanol–water partition coefficient (Wildman–Crippen LogP) is 2.48. The summed E-state index contributed by atoms with van der Waals surface area (Å²) in [6, 6.07) is 17.5. The van der Waals surface area contributed by atoms with Gasteiger partial charge in [-0.3, -0.25) is 4.79 Å². The Morgan fingerprint density at radius 1 is 1.12 bits per heavy atom. The number of ether oxygens (including phenoxy) is 1. The SMILES string of the molecule is COc1ccccc1NCC(=O)N(CCCN)Cc1ccccc1. The number of benzene rings is 2. The summed E-state index contributed by atoms with van der Waals surface area (Å²) in [5, 5.41) is 3.16. The van der Waals surface area contributed by atoms with Crippen LogP contribution in [0.15, 0.2) is 54.6 Å². The van der Waals surface area contributed by atoms with Crippen molar-refractivity contribution in [1.29, 1.82) is 0 Å². The summed E-state index contributed by atoms with van der Waals surface area (Å²) in [4.78, 5) is 14.4. The summed E-state index contributed by atoms with van der Waals surface area (Å²) in [5.41, 5.74) is 7.53. The highest BCUT2D eigenvalue weighted by Crippen LogP contribution is 2.22. The highest BCUT2D eigenvalue weighted by molar-refractivity contribution is 5.81. The number of nitrogens with two attached hydrogens (primary N) is 1. The van der Waals surface area contributed by atoms with E-state index in [9.17, 15) is 4.79 Å². The molecule has 0 radical (unpaired) electrons. The molecule has 2 rings (SSSR count). The van der Waals surface area contributed by atoms with Crippen molar-refractivity contribution in [1.82, 2.24) is 4.90 Å². The minimum atomic E-state index is 0.0400. The minimum absolute atomic E-state index is 0.0400. The maximum atomic E-state index is 12.6. The lowest BCUT2D eigenvalue weighted by Crippen LogP contribution is -2.36. The number of carbonyl (C=O) groups is 1. The first-order valence-electron chi connectivity index (χ1n) is 8.13. The lowest BCUT2D eigenvalue weighted by atomic mass is 10.2. The number of hydrogen-bond acceptors (Lipinski definition) is 4. The molecular weight excluding hydrogens is 302 g/mol. The van der Waals surface area contributed by atoms with Crippen molar-refractivity contribution in [2.75, 3.05) is 32.1 Å². The number of methoxy groups -OCH3 is 1. The molecule has 0 aliphatic rings. The third-order valence-corrected chi connectivity index (χ3v) is 3.74. The molecule has 2 aromatic carbocycles. The van der Waals surface area contributed by atoms with Crippen LogP contribution < -0.4 is 15.8 Å². The lowest BCUT2D eigenvalue weighted by molar-refractivity contribution is -0.129. The van der Waals surface area contributed by atoms with Crippen molar-refractivity contribution >= 4 is 11.6 Å². The number of para-hydroxylation sites is 2. The molecule has 0 aromatic heterocycles. The summed E-state index contributed by atoms with van der Waals surface area (Å²) in [6.45, 7) is 2.03. The van der Waals surface area contributed by atoms with Gasteiger partial charge in [-0.1, -0.05) is 42.5 Å². The molecule has 0 aliphatic carbocycles. The smallest absolute Gasteiger partial charge is 0.242 e. The van der Waals surface area contributed by atoms with Gasteiger partial charge in [-0.25, -0.2) is 0 Å². The van der Waals surface area contributed by atoms with Crippen molar-refractivity contribution in [3.05, 3.63) is 60.2 Å². The number of nitrogens with one attached hydrogen (secondary N) is 1. The average molecular weight is 327 g/mol. The first-order chi connectivity index (χ1) is 11.7. The molecule has 5 nitrogen and oxygen atoms in total. The first kappa shape index (κ1) is 17.8. The van der Waals surface area contributed by atoms with Gasteiger partial charge in [0.1, 0.15) is 5.75 Å². The maximum absolute atomic E-state index is 12.6. The van der Waals surface area contributed by atoms with E-state index in [4.69, 9.17) is 10.5 Å². The van der Waals surface area contributed by atoms with E-state index in [2.05, 4.69) is 5.32 Å². The summed E-state index contributed by atoms with van der Waals surface area (Å²) in [6.07, 6.45) is 0.785. The van der Waals surface area contributed by atoms with E-state index in [0.29, 0.717) is 19.6 Å². The van der Waals surface area contributed by atoms with Crippen molar-refractivity contribution in [3.8, 4) is 5.75 Å². The van der Waals surface area contributed by atoms with Gasteiger partial charge in [0.2, 0.25) is 5.91 Å². The number of amides is 1. The number of carbonyl (C=O) groups excluding carboxylic acids is 1. The van der Waals surface area contributed by atoms with Crippen molar-refractivity contribution in [2.24, 2.45) is 5.73 Å². The van der Waals surface area contributed by atoms with Crippen LogP contribution in [0, 0.1) is 0 Å². The number of anilines is 1. The Bertz CT molecular complexity index is 632. The van der Waals surface area contributed by atoms with Crippen LogP contribution >= 0.6 is 0 Å². The second kappa shape index (κ2) is 9.57. The Morgan fingerprint density at radius 2 is 1.83 bits per heavy atom. The van der Waals surface area contributed by atoms with Crippen LogP contribution in [0.1, 0.15) is 12.0 Å². The zero-order valence-electron chi connectivity index (χ0n) is 14.1. The molecule has 0 heterocycles. The Balaban J connectivity index is 1.99. The van der Waals surface area contributed by atoms with Gasteiger partial charge in [0.25, 0.3) is 0 Å². The monoisotopic (exact) mass is 327 g/mol. The van der Waals surface area contributed by atoms with Crippen LogP contribution in [0.4, 0.5) is 5.69 Å². The largest absolute Gasteiger partial charge is 0.495 e. The molecule has 0 unspecified atom stereocenters. The van der Waals surface area contributed by atoms with Crippen molar-refractivity contribution in [3.63, 3.8) is 0 Å². The summed E-state index contributed by atoms with van der Waals surface area (Å²) < 4.78 is 5.29. The fraction of sp³-hybridized carbons (Fsp3) is 0.316. The molecule has 0 aliphatic heterocycles. The third-order valence-electron chi connectivity index (χ3n) is 3.74. The standard InChI is InChI=1S/C19H25N3O2/c1-24-18-11-6-5-10-17(18)21-14-19(23)22(13-7-12-20)15-16-8-3-2-4-9-16/h2-6,8-11,21H,7,12-15,20H2,1H3. The number of nitrogens with zero attached hydrogens (tertiary/aromatic N) is 1. The van der Waals surface area contributed by atoms with Gasteiger partial charge in [0.05, 0.1) is 19.3 Å². The average Bonchev–Trinajstić information content (AvgIpc) is 2.64. The van der Waals surface area contributed by atoms with E-state index < -0.39 is 0 Å². The van der Waals surface area contributed by atoms with Crippen molar-refractivity contribution in [2.45, 2.75) is 13.0 Å². The number of rotatable bonds is 9. The molecule has 1 amide bonds. The number of hydrogen-bond donors (Lipinski definition) is 2. The van der Waals surface area contributed by atoms with Gasteiger partial charge in [-0.2, -0.15) is 0 Å². The van der Waals surface area contributed by atoms with E-state index in [1.54, 1.807) is 7.11 Å². The molecule has 0 spiro atoms. The molecule has 128 valence electrons. The molecule has 24 heavy (non-hydrogen) atoms. The van der Waals surface area contributed by atoms with Gasteiger partial charge in [-0.05, 0) is 30.7 Å². The van der Waals surface area contributed by atoms with Gasteiger partial charge in [0, 0.05) is 13.1 Å². The van der Waals surface area contributed by atoms with Crippen molar-refractivity contribution < 1.29 is 9.53 Å². The normalized spacial score (nSPS) is 10.2. The Kier molecular flexibility index (Phi) is 7.11. The van der Waals surface area contributed by atoms with Crippen LogP contribution in [0.3, 0.4) is 0 Å². The predicted molar refractivity (Wildman–Crippen MR) is 97.0 cm³/mol. The van der Waals surface area contributed by atoms with Crippen LogP contribution in [0.25, 0.3) is 0 Å². The molecule has 0 bridgehead atoms. The minimum Gasteiger partial charge on any atom is -0.495 e. The lowest BCUT2D eigenvalue weighted by Gasteiger charge is -2.23. The maximum Gasteiger partial charge on any atom is 0.242 e. The van der Waals surface area contributed by atoms with Crippen LogP contribution in [-0.4, -0.2) is 37.6 Å². The fourth-order valence-electron chi connectivity index (χ4n) is 2.45. The van der Waals surface area contributed by atoms with E-state index >= 15 is 0 Å². The molecule has 3 N–H and O–H groups in total. The zero-order valence-corrected chi connectivity index (χ0v) is 14.1. The molecule has 0 saturated heterocycles. The fourth-order valence-corrected chi connectivity index (χ4v) is 2.45. The van der Waals surface area contributed by atoms with Crippen LogP contribution in [-0.2, 0) is 11.3 Å². The Hall–Kier alpha value is -2.53. The van der Waals surface area contributed by atoms with Gasteiger partial charge < -0.3 is 20.7 Å². The van der Waals surface area contributed by atoms with Gasteiger partial charge >= 0.3 is 0 Å². The van der Waals surface area contributed by atoms with E-state index in [0.717, 1.165) is 23.4 Å². The summed E-state index contributed by atoms with van der Waals surface area (Å²) in [7, 11) is 1.62. The highest BCUT2D eigenvalue weighted by Gasteiger charge is 2.14. The molecule has 2 aromatic rings. The van der Waals surface area contributed by atoms with E-state index in [1.807, 2.05) is 59.5 Å². The van der Waals surface area contributed by atoms with Crippen LogP contribution in [0.5, 0.6) is 5.75 Å². The third kappa shape index (κ3) is 5.28. The summed E-state index contributed by atoms with van der Waals surface area (Å²) >= 11 is 0. The Labute approximate surface area is 143 Å². The topological polar surface area (TPSA) is 67.6 Å². The van der Waals surface area contributed by atoms with E-state index in [1.165, 1.54) is 0 Å². The molecular formula is C19H25N3O2. The molecule has 0 fully saturated rings. The molecule has 5 heteroatoms.